The van der Waals surface area contributed by atoms with Crippen LogP contribution in [0.3, 0.4) is 0 Å². The zero-order chi connectivity index (χ0) is 17.3. The first-order chi connectivity index (χ1) is 11.5. The number of benzene rings is 1. The largest absolute Gasteiger partial charge is 0.503 e. The molecule has 24 heavy (non-hydrogen) atoms. The van der Waals surface area contributed by atoms with Crippen molar-refractivity contribution in [2.45, 2.75) is 19.5 Å². The summed E-state index contributed by atoms with van der Waals surface area (Å²) in [6.45, 7) is 1.54. The van der Waals surface area contributed by atoms with Crippen molar-refractivity contribution in [3.63, 3.8) is 0 Å². The Morgan fingerprint density at radius 2 is 2.04 bits per heavy atom. The van der Waals surface area contributed by atoms with Crippen LogP contribution in [0.5, 0.6) is 0 Å². The monoisotopic (exact) mass is 342 g/mol. The molecule has 122 valence electrons. The number of hydrogen-bond acceptors (Lipinski definition) is 4. The predicted octanol–water partition coefficient (Wildman–Crippen LogP) is 3.22. The summed E-state index contributed by atoms with van der Waals surface area (Å²) in [7, 11) is 0. The van der Waals surface area contributed by atoms with Gasteiger partial charge in [-0.25, -0.2) is 0 Å². The van der Waals surface area contributed by atoms with Crippen LogP contribution in [0, 0.1) is 0 Å². The van der Waals surface area contributed by atoms with Gasteiger partial charge in [0.25, 0.3) is 5.91 Å². The molecule has 1 aliphatic rings. The van der Waals surface area contributed by atoms with Crippen LogP contribution >= 0.6 is 11.6 Å². The number of Topliss-reactive ketones (excluding diaryl/α,β-unsaturated/α-hetero) is 1. The number of ketones is 1. The van der Waals surface area contributed by atoms with Crippen molar-refractivity contribution in [3.8, 4) is 0 Å². The minimum atomic E-state index is -0.719. The minimum Gasteiger partial charge on any atom is -0.503 e. The van der Waals surface area contributed by atoms with Crippen molar-refractivity contribution in [1.29, 1.82) is 0 Å². The van der Waals surface area contributed by atoms with Gasteiger partial charge in [0.1, 0.15) is 0 Å². The first kappa shape index (κ1) is 16.2. The molecule has 0 bridgehead atoms. The van der Waals surface area contributed by atoms with E-state index in [1.165, 1.54) is 11.8 Å². The van der Waals surface area contributed by atoms with Gasteiger partial charge < -0.3 is 10.0 Å². The van der Waals surface area contributed by atoms with Crippen LogP contribution in [0.1, 0.15) is 24.1 Å². The van der Waals surface area contributed by atoms with Gasteiger partial charge >= 0.3 is 0 Å². The van der Waals surface area contributed by atoms with E-state index in [4.69, 9.17) is 11.6 Å². The average Bonchev–Trinajstić information content (AvgIpc) is 2.81. The lowest BCUT2D eigenvalue weighted by molar-refractivity contribution is -0.130. The van der Waals surface area contributed by atoms with Crippen LogP contribution in [0.25, 0.3) is 0 Å². The summed E-state index contributed by atoms with van der Waals surface area (Å²) in [5, 5.41) is 10.6. The second-order valence-corrected chi connectivity index (χ2v) is 5.94. The zero-order valence-corrected chi connectivity index (χ0v) is 13.7. The van der Waals surface area contributed by atoms with E-state index in [0.717, 1.165) is 5.56 Å². The Bertz CT molecular complexity index is 833. The van der Waals surface area contributed by atoms with E-state index in [9.17, 15) is 14.7 Å². The van der Waals surface area contributed by atoms with E-state index in [1.807, 2.05) is 6.07 Å². The second kappa shape index (κ2) is 6.45. The quantitative estimate of drug-likeness (QED) is 0.926. The fourth-order valence-corrected chi connectivity index (χ4v) is 3.12. The highest BCUT2D eigenvalue weighted by molar-refractivity contribution is 6.31. The number of aromatic nitrogens is 1. The van der Waals surface area contributed by atoms with Gasteiger partial charge in [0.05, 0.1) is 11.6 Å². The van der Waals surface area contributed by atoms with Crippen LogP contribution in [0.2, 0.25) is 5.02 Å². The third-order valence-electron chi connectivity index (χ3n) is 3.96. The molecule has 2 heterocycles. The summed E-state index contributed by atoms with van der Waals surface area (Å²) < 4.78 is 0. The van der Waals surface area contributed by atoms with Crippen molar-refractivity contribution in [2.24, 2.45) is 0 Å². The molecule has 1 amide bonds. The van der Waals surface area contributed by atoms with Gasteiger partial charge in [0.15, 0.2) is 11.5 Å². The number of nitrogens with zero attached hydrogens (tertiary/aromatic N) is 2. The number of aliphatic hydroxyl groups excluding tert-OH is 1. The first-order valence-electron chi connectivity index (χ1n) is 7.39. The van der Waals surface area contributed by atoms with Gasteiger partial charge in [0.2, 0.25) is 0 Å². The normalized spacial score (nSPS) is 17.5. The van der Waals surface area contributed by atoms with Crippen LogP contribution in [0.15, 0.2) is 60.1 Å². The Hall–Kier alpha value is -2.66. The summed E-state index contributed by atoms with van der Waals surface area (Å²) in [6.07, 6.45) is 3.28. The number of aliphatic hydroxyl groups is 1. The Labute approximate surface area is 144 Å². The summed E-state index contributed by atoms with van der Waals surface area (Å²) in [4.78, 5) is 30.0. The standard InChI is InChI=1S/C18H15ClN2O3/c1-11(22)15-16(13-6-2-3-7-14(13)19)21(18(24)17(15)23)10-12-5-4-8-20-9-12/h2-9,16,23H,10H2,1H3/t16-/m0/s1. The third kappa shape index (κ3) is 2.78. The number of pyridine rings is 1. The summed E-state index contributed by atoms with van der Waals surface area (Å²) in [5.74, 6) is -1.47. The Kier molecular flexibility index (Phi) is 4.36. The van der Waals surface area contributed by atoms with Gasteiger partial charge in [-0.3, -0.25) is 14.6 Å². The van der Waals surface area contributed by atoms with E-state index in [2.05, 4.69) is 4.98 Å². The molecule has 0 radical (unpaired) electrons. The summed E-state index contributed by atoms with van der Waals surface area (Å²) in [6, 6.07) is 9.86. The van der Waals surface area contributed by atoms with Gasteiger partial charge in [-0.15, -0.1) is 0 Å². The fourth-order valence-electron chi connectivity index (χ4n) is 2.88. The maximum Gasteiger partial charge on any atom is 0.290 e. The molecule has 0 unspecified atom stereocenters. The molecule has 0 saturated heterocycles. The number of carbonyl (C=O) groups is 2. The smallest absolute Gasteiger partial charge is 0.290 e. The Balaban J connectivity index is 2.09. The van der Waals surface area contributed by atoms with Crippen LogP contribution in [-0.4, -0.2) is 26.7 Å². The number of amides is 1. The van der Waals surface area contributed by atoms with Crippen molar-refractivity contribution in [1.82, 2.24) is 9.88 Å². The SMILES string of the molecule is CC(=O)C1=C(O)C(=O)N(Cc2cccnc2)[C@H]1c1ccccc1Cl. The van der Waals surface area contributed by atoms with Crippen molar-refractivity contribution in [2.75, 3.05) is 0 Å². The molecule has 6 heteroatoms. The molecule has 0 spiro atoms. The molecule has 0 fully saturated rings. The fraction of sp³-hybridized carbons (Fsp3) is 0.167. The van der Waals surface area contributed by atoms with E-state index in [0.29, 0.717) is 10.6 Å². The molecule has 1 aromatic heterocycles. The number of rotatable bonds is 4. The minimum absolute atomic E-state index is 0.0667. The zero-order valence-electron chi connectivity index (χ0n) is 12.9. The lowest BCUT2D eigenvalue weighted by Gasteiger charge is -2.27. The molecule has 0 saturated carbocycles. The highest BCUT2D eigenvalue weighted by Crippen LogP contribution is 2.41. The van der Waals surface area contributed by atoms with E-state index in [-0.39, 0.29) is 17.9 Å². The molecule has 1 atom stereocenters. The highest BCUT2D eigenvalue weighted by Gasteiger charge is 2.42. The highest BCUT2D eigenvalue weighted by atomic mass is 35.5. The van der Waals surface area contributed by atoms with Crippen LogP contribution in [-0.2, 0) is 16.1 Å². The van der Waals surface area contributed by atoms with Crippen molar-refractivity contribution in [3.05, 3.63) is 76.3 Å². The summed E-state index contributed by atoms with van der Waals surface area (Å²) >= 11 is 6.27. The third-order valence-corrected chi connectivity index (χ3v) is 4.30. The molecule has 2 aromatic rings. The molecule has 3 rings (SSSR count). The van der Waals surface area contributed by atoms with Crippen LogP contribution < -0.4 is 0 Å². The Morgan fingerprint density at radius 1 is 1.29 bits per heavy atom. The van der Waals surface area contributed by atoms with Gasteiger partial charge in [-0.2, -0.15) is 0 Å². The van der Waals surface area contributed by atoms with Crippen molar-refractivity contribution >= 4 is 23.3 Å². The second-order valence-electron chi connectivity index (χ2n) is 5.54. The van der Waals surface area contributed by atoms with Crippen molar-refractivity contribution < 1.29 is 14.7 Å². The van der Waals surface area contributed by atoms with Gasteiger partial charge in [0, 0.05) is 24.0 Å². The van der Waals surface area contributed by atoms with E-state index in [1.54, 1.807) is 42.7 Å². The predicted molar refractivity (Wildman–Crippen MR) is 89.3 cm³/mol. The van der Waals surface area contributed by atoms with Gasteiger partial charge in [-0.05, 0) is 30.2 Å². The maximum absolute atomic E-state index is 12.5. The molecule has 1 aliphatic heterocycles. The molecule has 5 nitrogen and oxygen atoms in total. The van der Waals surface area contributed by atoms with E-state index >= 15 is 0 Å². The first-order valence-corrected chi connectivity index (χ1v) is 7.77. The molecule has 1 aromatic carbocycles. The maximum atomic E-state index is 12.5. The molecular weight excluding hydrogens is 328 g/mol. The van der Waals surface area contributed by atoms with Crippen LogP contribution in [0.4, 0.5) is 0 Å². The lowest BCUT2D eigenvalue weighted by Crippen LogP contribution is -2.30. The molecule has 1 N–H and O–H groups in total. The van der Waals surface area contributed by atoms with E-state index < -0.39 is 17.7 Å². The molecule has 0 aliphatic carbocycles. The average molecular weight is 343 g/mol. The molecular formula is C18H15ClN2O3. The number of carbonyl (C=O) groups excluding carboxylic acids is 2. The summed E-state index contributed by atoms with van der Waals surface area (Å²) in [5.41, 5.74) is 1.46. The number of hydrogen-bond donors (Lipinski definition) is 1. The number of halogens is 1. The lowest BCUT2D eigenvalue weighted by atomic mass is 9.96. The van der Waals surface area contributed by atoms with Gasteiger partial charge in [-0.1, -0.05) is 35.9 Å². The topological polar surface area (TPSA) is 70.5 Å². The Morgan fingerprint density at radius 3 is 2.67 bits per heavy atom.